The number of amides is 2. The van der Waals surface area contributed by atoms with Gasteiger partial charge in [0.25, 0.3) is 0 Å². The molecule has 0 saturated heterocycles. The van der Waals surface area contributed by atoms with Crippen LogP contribution in [0.15, 0.2) is 28.7 Å². The molecule has 0 aromatic heterocycles. The van der Waals surface area contributed by atoms with Crippen LogP contribution >= 0.6 is 15.9 Å². The Bertz CT molecular complexity index is 422. The van der Waals surface area contributed by atoms with E-state index in [0.717, 1.165) is 17.3 Å². The summed E-state index contributed by atoms with van der Waals surface area (Å²) in [5.41, 5.74) is 1.26. The Labute approximate surface area is 129 Å². The van der Waals surface area contributed by atoms with E-state index < -0.39 is 0 Å². The SMILES string of the molecule is C[C@H](CCc1ccc(Br)cc1)NC(=O)N(C)[C@H](C)CO. The van der Waals surface area contributed by atoms with Gasteiger partial charge in [0.15, 0.2) is 0 Å². The van der Waals surface area contributed by atoms with E-state index in [1.807, 2.05) is 26.0 Å². The van der Waals surface area contributed by atoms with Crippen molar-refractivity contribution in [2.24, 2.45) is 0 Å². The van der Waals surface area contributed by atoms with Crippen molar-refractivity contribution in [2.45, 2.75) is 38.8 Å². The molecule has 0 bridgehead atoms. The average molecular weight is 343 g/mol. The molecule has 1 aromatic rings. The van der Waals surface area contributed by atoms with Crippen LogP contribution < -0.4 is 5.32 Å². The highest BCUT2D eigenvalue weighted by molar-refractivity contribution is 9.10. The molecule has 0 fully saturated rings. The van der Waals surface area contributed by atoms with Crippen LogP contribution in [0.5, 0.6) is 0 Å². The average Bonchev–Trinajstić information content (AvgIpc) is 2.44. The number of nitrogens with one attached hydrogen (secondary N) is 1. The molecule has 0 radical (unpaired) electrons. The number of aliphatic hydroxyl groups excluding tert-OH is 1. The van der Waals surface area contributed by atoms with Crippen LogP contribution in [0.25, 0.3) is 0 Å². The minimum atomic E-state index is -0.173. The number of nitrogens with zero attached hydrogens (tertiary/aromatic N) is 1. The maximum Gasteiger partial charge on any atom is 0.317 e. The van der Waals surface area contributed by atoms with Gasteiger partial charge >= 0.3 is 6.03 Å². The van der Waals surface area contributed by atoms with E-state index in [-0.39, 0.29) is 24.7 Å². The molecule has 0 aliphatic heterocycles. The molecule has 0 unspecified atom stereocenters. The molecule has 0 saturated carbocycles. The lowest BCUT2D eigenvalue weighted by Gasteiger charge is -2.25. The highest BCUT2D eigenvalue weighted by Gasteiger charge is 2.16. The van der Waals surface area contributed by atoms with Gasteiger partial charge in [-0.25, -0.2) is 4.79 Å². The molecular formula is C15H23BrN2O2. The third-order valence-corrected chi connectivity index (χ3v) is 3.92. The Morgan fingerprint density at radius 2 is 1.95 bits per heavy atom. The molecule has 20 heavy (non-hydrogen) atoms. The highest BCUT2D eigenvalue weighted by Crippen LogP contribution is 2.12. The smallest absolute Gasteiger partial charge is 0.317 e. The molecule has 1 aromatic carbocycles. The van der Waals surface area contributed by atoms with Crippen molar-refractivity contribution >= 4 is 22.0 Å². The molecular weight excluding hydrogens is 320 g/mol. The van der Waals surface area contributed by atoms with Crippen molar-refractivity contribution in [3.05, 3.63) is 34.3 Å². The lowest BCUT2D eigenvalue weighted by atomic mass is 10.1. The Balaban J connectivity index is 2.38. The molecule has 1 rings (SSSR count). The first kappa shape index (κ1) is 17.0. The second-order valence-electron chi connectivity index (χ2n) is 5.16. The molecule has 0 aliphatic rings. The minimum absolute atomic E-state index is 0.0306. The second kappa shape index (κ2) is 8.27. The van der Waals surface area contributed by atoms with E-state index in [9.17, 15) is 4.79 Å². The van der Waals surface area contributed by atoms with Gasteiger partial charge in [0.2, 0.25) is 0 Å². The third-order valence-electron chi connectivity index (χ3n) is 3.39. The molecule has 2 N–H and O–H groups in total. The molecule has 112 valence electrons. The van der Waals surface area contributed by atoms with Gasteiger partial charge in [0, 0.05) is 17.6 Å². The fourth-order valence-corrected chi connectivity index (χ4v) is 2.01. The summed E-state index contributed by atoms with van der Waals surface area (Å²) < 4.78 is 1.07. The molecule has 0 heterocycles. The van der Waals surface area contributed by atoms with Crippen molar-refractivity contribution < 1.29 is 9.90 Å². The van der Waals surface area contributed by atoms with Gasteiger partial charge < -0.3 is 15.3 Å². The number of hydrogen-bond acceptors (Lipinski definition) is 2. The topological polar surface area (TPSA) is 52.6 Å². The third kappa shape index (κ3) is 5.51. The summed E-state index contributed by atoms with van der Waals surface area (Å²) in [6, 6.07) is 7.99. The normalized spacial score (nSPS) is 13.7. The number of urea groups is 1. The maximum absolute atomic E-state index is 11.9. The van der Waals surface area contributed by atoms with Gasteiger partial charge in [-0.1, -0.05) is 28.1 Å². The van der Waals surface area contributed by atoms with E-state index in [1.54, 1.807) is 7.05 Å². The van der Waals surface area contributed by atoms with Gasteiger partial charge in [-0.05, 0) is 44.4 Å². The second-order valence-corrected chi connectivity index (χ2v) is 6.07. The Kier molecular flexibility index (Phi) is 7.02. The molecule has 4 nitrogen and oxygen atoms in total. The first-order valence-electron chi connectivity index (χ1n) is 6.82. The molecule has 2 atom stereocenters. The number of carbonyl (C=O) groups is 1. The number of likely N-dealkylation sites (N-methyl/N-ethyl adjacent to an activating group) is 1. The summed E-state index contributed by atoms with van der Waals surface area (Å²) in [6.45, 7) is 3.78. The zero-order valence-electron chi connectivity index (χ0n) is 12.3. The summed E-state index contributed by atoms with van der Waals surface area (Å²) in [5, 5.41) is 12.0. The molecule has 2 amide bonds. The predicted molar refractivity (Wildman–Crippen MR) is 84.8 cm³/mol. The first-order valence-corrected chi connectivity index (χ1v) is 7.62. The number of aliphatic hydroxyl groups is 1. The number of benzene rings is 1. The Morgan fingerprint density at radius 3 is 2.50 bits per heavy atom. The van der Waals surface area contributed by atoms with E-state index in [2.05, 4.69) is 33.4 Å². The van der Waals surface area contributed by atoms with Crippen LogP contribution in [0.3, 0.4) is 0 Å². The fraction of sp³-hybridized carbons (Fsp3) is 0.533. The van der Waals surface area contributed by atoms with Crippen LogP contribution in [0.2, 0.25) is 0 Å². The van der Waals surface area contributed by atoms with Crippen LogP contribution in [0.4, 0.5) is 4.79 Å². The van der Waals surface area contributed by atoms with Crippen molar-refractivity contribution in [3.63, 3.8) is 0 Å². The van der Waals surface area contributed by atoms with Crippen LogP contribution in [-0.2, 0) is 6.42 Å². The quantitative estimate of drug-likeness (QED) is 0.835. The van der Waals surface area contributed by atoms with Crippen molar-refractivity contribution in [3.8, 4) is 0 Å². The Morgan fingerprint density at radius 1 is 1.35 bits per heavy atom. The standard InChI is InChI=1S/C15H23BrN2O2/c1-11(17-15(20)18(3)12(2)10-19)4-5-13-6-8-14(16)9-7-13/h6-9,11-12,19H,4-5,10H2,1-3H3,(H,17,20)/t11-,12-/m1/s1. The minimum Gasteiger partial charge on any atom is -0.394 e. The predicted octanol–water partition coefficient (Wildman–Crippen LogP) is 2.79. The van der Waals surface area contributed by atoms with Gasteiger partial charge in [0.1, 0.15) is 0 Å². The van der Waals surface area contributed by atoms with Crippen molar-refractivity contribution in [1.29, 1.82) is 0 Å². The van der Waals surface area contributed by atoms with Crippen molar-refractivity contribution in [2.75, 3.05) is 13.7 Å². The van der Waals surface area contributed by atoms with Gasteiger partial charge in [-0.2, -0.15) is 0 Å². The summed E-state index contributed by atoms with van der Waals surface area (Å²) in [5.74, 6) is 0. The van der Waals surface area contributed by atoms with Crippen LogP contribution in [0.1, 0.15) is 25.8 Å². The summed E-state index contributed by atoms with van der Waals surface area (Å²) in [7, 11) is 1.69. The van der Waals surface area contributed by atoms with E-state index in [1.165, 1.54) is 10.5 Å². The first-order chi connectivity index (χ1) is 9.43. The lowest BCUT2D eigenvalue weighted by Crippen LogP contribution is -2.46. The number of aryl methyl sites for hydroxylation is 1. The van der Waals surface area contributed by atoms with Crippen LogP contribution in [-0.4, -0.2) is 41.8 Å². The lowest BCUT2D eigenvalue weighted by molar-refractivity contribution is 0.155. The van der Waals surface area contributed by atoms with E-state index >= 15 is 0 Å². The summed E-state index contributed by atoms with van der Waals surface area (Å²) in [4.78, 5) is 13.4. The Hall–Kier alpha value is -1.07. The summed E-state index contributed by atoms with van der Waals surface area (Å²) >= 11 is 3.41. The van der Waals surface area contributed by atoms with E-state index in [4.69, 9.17) is 5.11 Å². The number of carbonyl (C=O) groups excluding carboxylic acids is 1. The van der Waals surface area contributed by atoms with Gasteiger partial charge in [-0.15, -0.1) is 0 Å². The molecule has 5 heteroatoms. The zero-order chi connectivity index (χ0) is 15.1. The molecule has 0 spiro atoms. The summed E-state index contributed by atoms with van der Waals surface area (Å²) in [6.07, 6.45) is 1.81. The number of rotatable bonds is 6. The van der Waals surface area contributed by atoms with E-state index in [0.29, 0.717) is 0 Å². The molecule has 0 aliphatic carbocycles. The zero-order valence-corrected chi connectivity index (χ0v) is 13.9. The van der Waals surface area contributed by atoms with Crippen molar-refractivity contribution in [1.82, 2.24) is 10.2 Å². The van der Waals surface area contributed by atoms with Gasteiger partial charge in [0.05, 0.1) is 12.6 Å². The monoisotopic (exact) mass is 342 g/mol. The highest BCUT2D eigenvalue weighted by atomic mass is 79.9. The van der Waals surface area contributed by atoms with Gasteiger partial charge in [-0.3, -0.25) is 0 Å². The number of hydrogen-bond donors (Lipinski definition) is 2. The largest absolute Gasteiger partial charge is 0.394 e. The number of halogens is 1. The fourth-order valence-electron chi connectivity index (χ4n) is 1.74. The maximum atomic E-state index is 11.9. The van der Waals surface area contributed by atoms with Crippen LogP contribution in [0, 0.1) is 0 Å².